The maximum atomic E-state index is 6.02. The minimum Gasteiger partial charge on any atom is -0.486 e. The molecule has 0 aliphatic rings. The summed E-state index contributed by atoms with van der Waals surface area (Å²) in [5, 5.41) is 1.38. The van der Waals surface area contributed by atoms with Crippen molar-refractivity contribution in [3.05, 3.63) is 58.3 Å². The monoisotopic (exact) mass is 320 g/mol. The number of fused-ring (bicyclic) bond motifs is 1. The van der Waals surface area contributed by atoms with Gasteiger partial charge in [0.2, 0.25) is 0 Å². The summed E-state index contributed by atoms with van der Waals surface area (Å²) >= 11 is 11.9. The molecule has 0 radical (unpaired) electrons. The lowest BCUT2D eigenvalue weighted by Crippen LogP contribution is -2.05. The normalized spacial score (nSPS) is 11.0. The van der Waals surface area contributed by atoms with E-state index in [9.17, 15) is 0 Å². The third kappa shape index (κ3) is 2.99. The van der Waals surface area contributed by atoms with E-state index in [2.05, 4.69) is 16.5 Å². The van der Waals surface area contributed by atoms with Gasteiger partial charge in [0.25, 0.3) is 0 Å². The van der Waals surface area contributed by atoms with Gasteiger partial charge in [-0.15, -0.1) is 0 Å². The van der Waals surface area contributed by atoms with Gasteiger partial charge in [0, 0.05) is 16.6 Å². The highest BCUT2D eigenvalue weighted by atomic mass is 35.5. The van der Waals surface area contributed by atoms with Crippen LogP contribution in [-0.2, 0) is 13.2 Å². The lowest BCUT2D eigenvalue weighted by Gasteiger charge is -2.08. The standard InChI is InChI=1S/C16H14Cl2N2O/c1-2-20-15-8-5-12(18)9-14(15)19-16(20)10-21-13-6-3-11(17)4-7-13/h3-9H,2,10H2,1H3. The lowest BCUT2D eigenvalue weighted by atomic mass is 10.3. The second kappa shape index (κ2) is 5.96. The number of rotatable bonds is 4. The highest BCUT2D eigenvalue weighted by molar-refractivity contribution is 6.31. The largest absolute Gasteiger partial charge is 0.486 e. The number of ether oxygens (including phenoxy) is 1. The average Bonchev–Trinajstić information content (AvgIpc) is 2.83. The Hall–Kier alpha value is -1.71. The van der Waals surface area contributed by atoms with E-state index in [0.717, 1.165) is 29.2 Å². The molecule has 1 heterocycles. The first-order valence-corrected chi connectivity index (χ1v) is 7.46. The fourth-order valence-electron chi connectivity index (χ4n) is 2.29. The third-order valence-electron chi connectivity index (χ3n) is 3.29. The van der Waals surface area contributed by atoms with Crippen molar-refractivity contribution in [3.8, 4) is 5.75 Å². The van der Waals surface area contributed by atoms with Crippen molar-refractivity contribution in [1.29, 1.82) is 0 Å². The second-order valence-electron chi connectivity index (χ2n) is 4.65. The van der Waals surface area contributed by atoms with Crippen molar-refractivity contribution in [3.63, 3.8) is 0 Å². The van der Waals surface area contributed by atoms with Gasteiger partial charge in [0.15, 0.2) is 0 Å². The van der Waals surface area contributed by atoms with Crippen LogP contribution in [0, 0.1) is 0 Å². The van der Waals surface area contributed by atoms with Crippen LogP contribution in [0.25, 0.3) is 11.0 Å². The minimum atomic E-state index is 0.405. The van der Waals surface area contributed by atoms with E-state index in [0.29, 0.717) is 16.7 Å². The molecular formula is C16H14Cl2N2O. The van der Waals surface area contributed by atoms with Gasteiger partial charge in [-0.2, -0.15) is 0 Å². The average molecular weight is 321 g/mol. The molecule has 3 aromatic rings. The Labute approximate surface area is 133 Å². The predicted octanol–water partition coefficient (Wildman–Crippen LogP) is 4.94. The maximum Gasteiger partial charge on any atom is 0.147 e. The molecule has 3 rings (SSSR count). The van der Waals surface area contributed by atoms with Crippen molar-refractivity contribution in [2.24, 2.45) is 0 Å². The van der Waals surface area contributed by atoms with Crippen LogP contribution in [0.5, 0.6) is 5.75 Å². The number of hydrogen-bond donors (Lipinski definition) is 0. The summed E-state index contributed by atoms with van der Waals surface area (Å²) in [6.45, 7) is 3.32. The molecule has 0 spiro atoms. The van der Waals surface area contributed by atoms with Crippen molar-refractivity contribution >= 4 is 34.2 Å². The molecule has 1 aromatic heterocycles. The van der Waals surface area contributed by atoms with Crippen molar-refractivity contribution in [2.45, 2.75) is 20.1 Å². The summed E-state index contributed by atoms with van der Waals surface area (Å²) < 4.78 is 7.90. The van der Waals surface area contributed by atoms with Crippen LogP contribution in [0.4, 0.5) is 0 Å². The molecule has 108 valence electrons. The molecule has 0 aliphatic heterocycles. The van der Waals surface area contributed by atoms with E-state index in [1.54, 1.807) is 12.1 Å². The zero-order valence-electron chi connectivity index (χ0n) is 11.5. The summed E-state index contributed by atoms with van der Waals surface area (Å²) in [4.78, 5) is 4.60. The molecule has 0 fully saturated rings. The number of halogens is 2. The summed E-state index contributed by atoms with van der Waals surface area (Å²) in [5.74, 6) is 1.65. The zero-order chi connectivity index (χ0) is 14.8. The molecule has 0 N–H and O–H groups in total. The topological polar surface area (TPSA) is 27.1 Å². The van der Waals surface area contributed by atoms with Gasteiger partial charge < -0.3 is 9.30 Å². The molecule has 3 nitrogen and oxygen atoms in total. The molecule has 0 amide bonds. The van der Waals surface area contributed by atoms with Gasteiger partial charge in [0.1, 0.15) is 18.2 Å². The molecule has 0 saturated carbocycles. The van der Waals surface area contributed by atoms with Crippen LogP contribution in [-0.4, -0.2) is 9.55 Å². The van der Waals surface area contributed by atoms with Crippen molar-refractivity contribution < 1.29 is 4.74 Å². The number of hydrogen-bond acceptors (Lipinski definition) is 2. The van der Waals surface area contributed by atoms with Crippen LogP contribution in [0.2, 0.25) is 10.0 Å². The molecule has 0 saturated heterocycles. The van der Waals surface area contributed by atoms with E-state index in [4.69, 9.17) is 27.9 Å². The van der Waals surface area contributed by atoms with E-state index in [-0.39, 0.29) is 0 Å². The van der Waals surface area contributed by atoms with Gasteiger partial charge in [-0.05, 0) is 49.4 Å². The van der Waals surface area contributed by atoms with Gasteiger partial charge in [-0.25, -0.2) is 4.98 Å². The van der Waals surface area contributed by atoms with E-state index < -0.39 is 0 Å². The fraction of sp³-hybridized carbons (Fsp3) is 0.188. The zero-order valence-corrected chi connectivity index (χ0v) is 13.0. The van der Waals surface area contributed by atoms with Crippen molar-refractivity contribution in [1.82, 2.24) is 9.55 Å². The number of benzene rings is 2. The van der Waals surface area contributed by atoms with Gasteiger partial charge in [0.05, 0.1) is 11.0 Å². The van der Waals surface area contributed by atoms with E-state index >= 15 is 0 Å². The first kappa shape index (κ1) is 14.2. The first-order chi connectivity index (χ1) is 10.2. The number of imidazole rings is 1. The lowest BCUT2D eigenvalue weighted by molar-refractivity contribution is 0.291. The summed E-state index contributed by atoms with van der Waals surface area (Å²) in [6.07, 6.45) is 0. The van der Waals surface area contributed by atoms with Gasteiger partial charge in [-0.1, -0.05) is 23.2 Å². The summed E-state index contributed by atoms with van der Waals surface area (Å²) in [5.41, 5.74) is 1.95. The molecule has 5 heteroatoms. The Morgan fingerprint density at radius 3 is 2.48 bits per heavy atom. The van der Waals surface area contributed by atoms with E-state index in [1.807, 2.05) is 30.3 Å². The summed E-state index contributed by atoms with van der Waals surface area (Å²) in [7, 11) is 0. The molecule has 21 heavy (non-hydrogen) atoms. The quantitative estimate of drug-likeness (QED) is 0.680. The van der Waals surface area contributed by atoms with Gasteiger partial charge in [-0.3, -0.25) is 0 Å². The smallest absolute Gasteiger partial charge is 0.147 e. The Kier molecular flexibility index (Phi) is 4.04. The Bertz CT molecular complexity index is 766. The van der Waals surface area contributed by atoms with Crippen molar-refractivity contribution in [2.75, 3.05) is 0 Å². The molecule has 0 unspecified atom stereocenters. The minimum absolute atomic E-state index is 0.405. The molecular weight excluding hydrogens is 307 g/mol. The van der Waals surface area contributed by atoms with Gasteiger partial charge >= 0.3 is 0 Å². The van der Waals surface area contributed by atoms with Crippen LogP contribution in [0.3, 0.4) is 0 Å². The van der Waals surface area contributed by atoms with Crippen LogP contribution in [0.15, 0.2) is 42.5 Å². The predicted molar refractivity (Wildman–Crippen MR) is 86.2 cm³/mol. The maximum absolute atomic E-state index is 6.02. The van der Waals surface area contributed by atoms with Crippen LogP contribution >= 0.6 is 23.2 Å². The highest BCUT2D eigenvalue weighted by Gasteiger charge is 2.10. The molecule has 0 bridgehead atoms. The number of aryl methyl sites for hydroxylation is 1. The van der Waals surface area contributed by atoms with E-state index in [1.165, 1.54) is 0 Å². The Morgan fingerprint density at radius 1 is 1.05 bits per heavy atom. The number of aromatic nitrogens is 2. The first-order valence-electron chi connectivity index (χ1n) is 6.70. The number of nitrogens with zero attached hydrogens (tertiary/aromatic N) is 2. The highest BCUT2D eigenvalue weighted by Crippen LogP contribution is 2.22. The molecule has 0 aliphatic carbocycles. The Morgan fingerprint density at radius 2 is 1.76 bits per heavy atom. The van der Waals surface area contributed by atoms with Crippen LogP contribution in [0.1, 0.15) is 12.7 Å². The Balaban J connectivity index is 1.87. The molecule has 0 atom stereocenters. The fourth-order valence-corrected chi connectivity index (χ4v) is 2.59. The second-order valence-corrected chi connectivity index (χ2v) is 5.52. The third-order valence-corrected chi connectivity index (χ3v) is 3.77. The SMILES string of the molecule is CCn1c(COc2ccc(Cl)cc2)nc2cc(Cl)ccc21. The van der Waals surface area contributed by atoms with Crippen LogP contribution < -0.4 is 4.74 Å². The summed E-state index contributed by atoms with van der Waals surface area (Å²) in [6, 6.07) is 13.0. The molecule has 2 aromatic carbocycles.